The molecular weight excluding hydrogens is 967 g/mol. The molecular formula is C14H10Br10. The summed E-state index contributed by atoms with van der Waals surface area (Å²) in [4.78, 5) is -0.0616. The number of hydrogen-bond donors (Lipinski definition) is 0. The van der Waals surface area contributed by atoms with Crippen LogP contribution in [-0.2, 0) is 0 Å². The topological polar surface area (TPSA) is 0 Å². The standard InChI is InChI=1S/C14H10Br10/c1-7(8-5-3-2-4-6-8)10(16)9(15)11(17,18)13(21,22)14(23,24)12(10,19)20/h2-7,9H,1H3. The second kappa shape index (κ2) is 7.93. The van der Waals surface area contributed by atoms with Crippen LogP contribution >= 0.6 is 159 Å². The lowest BCUT2D eigenvalue weighted by Gasteiger charge is -2.64. The predicted octanol–water partition coefficient (Wildman–Crippen LogP) is 9.65. The van der Waals surface area contributed by atoms with Gasteiger partial charge in [-0.3, -0.25) is 0 Å². The van der Waals surface area contributed by atoms with Crippen molar-refractivity contribution < 1.29 is 0 Å². The molecule has 0 spiro atoms. The van der Waals surface area contributed by atoms with Crippen LogP contribution in [0.2, 0.25) is 0 Å². The van der Waals surface area contributed by atoms with Crippen molar-refractivity contribution in [3.63, 3.8) is 0 Å². The summed E-state index contributed by atoms with van der Waals surface area (Å²) in [5, 5.41) is 0. The van der Waals surface area contributed by atoms with Gasteiger partial charge in [-0.05, 0) is 11.5 Å². The van der Waals surface area contributed by atoms with Crippen LogP contribution in [0, 0.1) is 0 Å². The van der Waals surface area contributed by atoms with Crippen LogP contribution in [0.4, 0.5) is 0 Å². The summed E-state index contributed by atoms with van der Waals surface area (Å²) in [5.41, 5.74) is 1.23. The third-order valence-corrected chi connectivity index (χ3v) is 26.2. The molecule has 1 aliphatic carbocycles. The number of benzene rings is 1. The van der Waals surface area contributed by atoms with Crippen LogP contribution in [0.25, 0.3) is 0 Å². The van der Waals surface area contributed by atoms with Crippen molar-refractivity contribution in [2.24, 2.45) is 0 Å². The lowest BCUT2D eigenvalue weighted by atomic mass is 9.76. The summed E-state index contributed by atoms with van der Waals surface area (Å²) >= 11 is 39.0. The maximum Gasteiger partial charge on any atom is 0.134 e. The molecule has 0 aliphatic heterocycles. The highest BCUT2D eigenvalue weighted by Gasteiger charge is 2.80. The van der Waals surface area contributed by atoms with Gasteiger partial charge in [-0.15, -0.1) is 0 Å². The molecule has 0 radical (unpaired) electrons. The van der Waals surface area contributed by atoms with E-state index in [0.29, 0.717) is 0 Å². The molecule has 2 rings (SSSR count). The molecule has 0 nitrogen and oxygen atoms in total. The summed E-state index contributed by atoms with van der Waals surface area (Å²) in [6.45, 7) is 2.21. The van der Waals surface area contributed by atoms with Crippen molar-refractivity contribution in [1.82, 2.24) is 0 Å². The van der Waals surface area contributed by atoms with E-state index >= 15 is 0 Å². The van der Waals surface area contributed by atoms with E-state index in [0.717, 1.165) is 0 Å². The molecule has 136 valence electrons. The fourth-order valence-corrected chi connectivity index (χ4v) is 14.6. The SMILES string of the molecule is CC(c1ccccc1)C1(Br)C(Br)C(Br)(Br)C(Br)(Br)C(Br)(Br)C1(Br)Br. The Morgan fingerprint density at radius 3 is 1.67 bits per heavy atom. The summed E-state index contributed by atoms with van der Waals surface area (Å²) in [6, 6.07) is 10.4. The number of rotatable bonds is 2. The highest BCUT2D eigenvalue weighted by molar-refractivity contribution is 9.35. The van der Waals surface area contributed by atoms with Gasteiger partial charge in [0.2, 0.25) is 0 Å². The third-order valence-electron chi connectivity index (χ3n) is 4.31. The van der Waals surface area contributed by atoms with Gasteiger partial charge in [0, 0.05) is 0 Å². The zero-order valence-electron chi connectivity index (χ0n) is 11.8. The molecule has 0 aromatic heterocycles. The first-order valence-corrected chi connectivity index (χ1v) is 14.6. The van der Waals surface area contributed by atoms with Gasteiger partial charge in [0.05, 0.1) is 9.15 Å². The van der Waals surface area contributed by atoms with Crippen molar-refractivity contribution >= 4 is 159 Å². The average Bonchev–Trinajstić information content (AvgIpc) is 2.51. The van der Waals surface area contributed by atoms with Gasteiger partial charge in [0.1, 0.15) is 12.9 Å². The van der Waals surface area contributed by atoms with Crippen molar-refractivity contribution in [1.29, 1.82) is 0 Å². The average molecular weight is 977 g/mol. The van der Waals surface area contributed by atoms with E-state index in [-0.39, 0.29) is 10.7 Å². The summed E-state index contributed by atoms with van der Waals surface area (Å²) in [6.07, 6.45) is 0. The maximum atomic E-state index is 4.09. The number of alkyl halides is 10. The molecule has 24 heavy (non-hydrogen) atoms. The second-order valence-corrected chi connectivity index (χ2v) is 21.7. The van der Waals surface area contributed by atoms with Crippen LogP contribution in [-0.4, -0.2) is 22.1 Å². The van der Waals surface area contributed by atoms with Crippen molar-refractivity contribution in [3.8, 4) is 0 Å². The molecule has 1 aromatic carbocycles. The summed E-state index contributed by atoms with van der Waals surface area (Å²) in [5.74, 6) is 0.141. The minimum atomic E-state index is -0.649. The predicted molar refractivity (Wildman–Crippen MR) is 142 cm³/mol. The molecule has 0 saturated heterocycles. The van der Waals surface area contributed by atoms with Gasteiger partial charge < -0.3 is 0 Å². The minimum absolute atomic E-state index is 0.0616. The largest absolute Gasteiger partial charge is 0.134 e. The molecule has 0 bridgehead atoms. The Bertz CT molecular complexity index is 611. The molecule has 0 amide bonds. The van der Waals surface area contributed by atoms with Gasteiger partial charge in [-0.25, -0.2) is 0 Å². The van der Waals surface area contributed by atoms with Crippen LogP contribution < -0.4 is 0 Å². The van der Waals surface area contributed by atoms with Gasteiger partial charge in [0.15, 0.2) is 0 Å². The van der Waals surface area contributed by atoms with E-state index in [9.17, 15) is 0 Å². The number of halogens is 10. The van der Waals surface area contributed by atoms with Crippen molar-refractivity contribution in [3.05, 3.63) is 35.9 Å². The van der Waals surface area contributed by atoms with Gasteiger partial charge in [0.25, 0.3) is 0 Å². The van der Waals surface area contributed by atoms with Crippen LogP contribution in [0.15, 0.2) is 30.3 Å². The normalized spacial score (nSPS) is 34.5. The minimum Gasteiger partial charge on any atom is -0.0849 e. The molecule has 1 aromatic rings. The molecule has 0 N–H and O–H groups in total. The molecule has 3 unspecified atom stereocenters. The molecule has 1 fully saturated rings. The lowest BCUT2D eigenvalue weighted by molar-refractivity contribution is 0.377. The quantitative estimate of drug-likeness (QED) is 0.259. The summed E-state index contributed by atoms with van der Waals surface area (Å²) in [7, 11) is 0. The first-order valence-electron chi connectivity index (χ1n) is 6.56. The summed E-state index contributed by atoms with van der Waals surface area (Å²) < 4.78 is -2.90. The Kier molecular flexibility index (Phi) is 8.03. The zero-order valence-corrected chi connectivity index (χ0v) is 27.7. The Balaban J connectivity index is 2.72. The fraction of sp³-hybridized carbons (Fsp3) is 0.571. The fourth-order valence-electron chi connectivity index (χ4n) is 2.70. The molecule has 3 atom stereocenters. The highest BCUT2D eigenvalue weighted by Crippen LogP contribution is 2.79. The highest BCUT2D eigenvalue weighted by atomic mass is 79.9. The molecule has 1 aliphatic rings. The Morgan fingerprint density at radius 1 is 0.750 bits per heavy atom. The van der Waals surface area contributed by atoms with Gasteiger partial charge in [-0.2, -0.15) is 0 Å². The van der Waals surface area contributed by atoms with Crippen molar-refractivity contribution in [2.45, 2.75) is 34.9 Å². The van der Waals surface area contributed by atoms with Crippen LogP contribution in [0.1, 0.15) is 18.4 Å². The number of hydrogen-bond acceptors (Lipinski definition) is 0. The van der Waals surface area contributed by atoms with Gasteiger partial charge >= 0.3 is 0 Å². The third kappa shape index (κ3) is 3.32. The van der Waals surface area contributed by atoms with Crippen LogP contribution in [0.3, 0.4) is 0 Å². The van der Waals surface area contributed by atoms with E-state index in [1.807, 2.05) is 6.07 Å². The first kappa shape index (κ1) is 24.3. The lowest BCUT2D eigenvalue weighted by Crippen LogP contribution is -2.75. The van der Waals surface area contributed by atoms with E-state index in [1.165, 1.54) is 5.56 Å². The van der Waals surface area contributed by atoms with E-state index in [4.69, 9.17) is 0 Å². The van der Waals surface area contributed by atoms with Crippen LogP contribution in [0.5, 0.6) is 0 Å². The van der Waals surface area contributed by atoms with E-state index < -0.39 is 17.3 Å². The van der Waals surface area contributed by atoms with Gasteiger partial charge in [-0.1, -0.05) is 197 Å². The first-order chi connectivity index (χ1) is 10.7. The smallest absolute Gasteiger partial charge is 0.0849 e. The van der Waals surface area contributed by atoms with Crippen molar-refractivity contribution in [2.75, 3.05) is 0 Å². The second-order valence-electron chi connectivity index (χ2n) is 5.61. The van der Waals surface area contributed by atoms with E-state index in [1.54, 1.807) is 0 Å². The Labute approximate surface area is 226 Å². The zero-order chi connectivity index (χ0) is 18.8. The Hall–Kier alpha value is 4.02. The Morgan fingerprint density at radius 2 is 1.21 bits per heavy atom. The molecule has 0 heterocycles. The molecule has 1 saturated carbocycles. The monoisotopic (exact) mass is 967 g/mol. The van der Waals surface area contributed by atoms with E-state index in [2.05, 4.69) is 190 Å². The molecule has 10 heteroatoms. The maximum absolute atomic E-state index is 4.09.